The van der Waals surface area contributed by atoms with E-state index in [1.165, 1.54) is 18.2 Å². The Labute approximate surface area is 136 Å². The summed E-state index contributed by atoms with van der Waals surface area (Å²) in [5.74, 6) is -0.000344. The van der Waals surface area contributed by atoms with Gasteiger partial charge in [-0.1, -0.05) is 12.1 Å². The normalized spacial score (nSPS) is 14.9. The second kappa shape index (κ2) is 5.09. The van der Waals surface area contributed by atoms with Crippen molar-refractivity contribution >= 4 is 28.6 Å². The summed E-state index contributed by atoms with van der Waals surface area (Å²) in [7, 11) is 0. The second-order valence-corrected chi connectivity index (χ2v) is 5.60. The monoisotopic (exact) mass is 320 g/mol. The van der Waals surface area contributed by atoms with Crippen molar-refractivity contribution < 1.29 is 19.1 Å². The van der Waals surface area contributed by atoms with Gasteiger partial charge in [-0.15, -0.1) is 0 Å². The van der Waals surface area contributed by atoms with E-state index < -0.39 is 11.6 Å². The molecule has 0 fully saturated rings. The van der Waals surface area contributed by atoms with Crippen molar-refractivity contribution in [1.82, 2.24) is 0 Å². The van der Waals surface area contributed by atoms with Crippen LogP contribution in [0.2, 0.25) is 0 Å². The minimum absolute atomic E-state index is 0.138. The molecule has 1 aliphatic rings. The molecule has 4 rings (SSSR count). The van der Waals surface area contributed by atoms with Crippen LogP contribution in [0, 0.1) is 6.92 Å². The Morgan fingerprint density at radius 3 is 2.54 bits per heavy atom. The van der Waals surface area contributed by atoms with E-state index in [0.29, 0.717) is 22.5 Å². The van der Waals surface area contributed by atoms with E-state index in [1.54, 1.807) is 30.3 Å². The topological polar surface area (TPSA) is 76.7 Å². The minimum Gasteiger partial charge on any atom is -0.508 e. The molecule has 0 saturated heterocycles. The molecule has 24 heavy (non-hydrogen) atoms. The van der Waals surface area contributed by atoms with Crippen LogP contribution >= 0.6 is 0 Å². The standard InChI is InChI=1S/C19H12O5/c1-10-8-16(21)24-18-13(10)6-7-15-17(18)14(19(22)23-15)9-11-2-4-12(20)5-3-11/h2-9,20H,1H3/b14-9-. The number of benzene rings is 2. The predicted octanol–water partition coefficient (Wildman–Crippen LogP) is 3.27. The third-order valence-corrected chi connectivity index (χ3v) is 3.98. The first kappa shape index (κ1) is 14.3. The summed E-state index contributed by atoms with van der Waals surface area (Å²) in [5, 5.41) is 10.1. The molecule has 2 heterocycles. The summed E-state index contributed by atoms with van der Waals surface area (Å²) in [6.07, 6.45) is 1.65. The van der Waals surface area contributed by atoms with Crippen LogP contribution in [-0.4, -0.2) is 11.1 Å². The maximum atomic E-state index is 12.3. The number of aryl methyl sites for hydroxylation is 1. The first-order chi connectivity index (χ1) is 11.5. The van der Waals surface area contributed by atoms with Crippen molar-refractivity contribution in [3.8, 4) is 11.5 Å². The molecule has 0 amide bonds. The number of rotatable bonds is 1. The zero-order chi connectivity index (χ0) is 16.8. The van der Waals surface area contributed by atoms with Gasteiger partial charge in [-0.2, -0.15) is 0 Å². The summed E-state index contributed by atoms with van der Waals surface area (Å²) in [5.41, 5.74) is 2.15. The number of esters is 1. The predicted molar refractivity (Wildman–Crippen MR) is 88.8 cm³/mol. The highest BCUT2D eigenvalue weighted by Crippen LogP contribution is 2.40. The number of aromatic hydroxyl groups is 1. The highest BCUT2D eigenvalue weighted by Gasteiger charge is 2.30. The molecule has 0 bridgehead atoms. The average molecular weight is 320 g/mol. The number of hydrogen-bond donors (Lipinski definition) is 1. The van der Waals surface area contributed by atoms with Gasteiger partial charge in [-0.3, -0.25) is 0 Å². The average Bonchev–Trinajstić information content (AvgIpc) is 2.85. The Bertz CT molecular complexity index is 1070. The molecule has 118 valence electrons. The molecule has 0 unspecified atom stereocenters. The number of fused-ring (bicyclic) bond motifs is 3. The van der Waals surface area contributed by atoms with Gasteiger partial charge in [0.05, 0.1) is 11.1 Å². The second-order valence-electron chi connectivity index (χ2n) is 5.60. The third-order valence-electron chi connectivity index (χ3n) is 3.98. The Balaban J connectivity index is 2.00. The molecule has 0 saturated carbocycles. The highest BCUT2D eigenvalue weighted by molar-refractivity contribution is 6.28. The van der Waals surface area contributed by atoms with Crippen LogP contribution < -0.4 is 10.4 Å². The number of hydrogen-bond acceptors (Lipinski definition) is 5. The summed E-state index contributed by atoms with van der Waals surface area (Å²) < 4.78 is 10.6. The summed E-state index contributed by atoms with van der Waals surface area (Å²) in [6.45, 7) is 1.81. The molecule has 2 aromatic carbocycles. The van der Waals surface area contributed by atoms with Gasteiger partial charge in [0.2, 0.25) is 0 Å². The first-order valence-electron chi connectivity index (χ1n) is 7.34. The van der Waals surface area contributed by atoms with E-state index in [1.807, 2.05) is 6.92 Å². The van der Waals surface area contributed by atoms with Crippen molar-refractivity contribution in [2.24, 2.45) is 0 Å². The number of phenolic OH excluding ortho intramolecular Hbond substituents is 1. The third kappa shape index (κ3) is 2.18. The smallest absolute Gasteiger partial charge is 0.344 e. The minimum atomic E-state index is -0.505. The Kier molecular flexibility index (Phi) is 3.03. The lowest BCUT2D eigenvalue weighted by molar-refractivity contribution is -0.126. The number of carbonyl (C=O) groups excluding carboxylic acids is 1. The van der Waals surface area contributed by atoms with Crippen molar-refractivity contribution in [3.63, 3.8) is 0 Å². The van der Waals surface area contributed by atoms with Crippen LogP contribution in [0.25, 0.3) is 22.6 Å². The SMILES string of the molecule is Cc1cc(=O)oc2c3c(ccc12)OC(=O)/C3=C\c1ccc(O)cc1. The van der Waals surface area contributed by atoms with Crippen LogP contribution in [0.15, 0.2) is 51.7 Å². The van der Waals surface area contributed by atoms with Crippen molar-refractivity contribution in [2.75, 3.05) is 0 Å². The molecule has 0 atom stereocenters. The van der Waals surface area contributed by atoms with Gasteiger partial charge in [0.1, 0.15) is 11.5 Å². The van der Waals surface area contributed by atoms with Crippen LogP contribution in [-0.2, 0) is 4.79 Å². The Hall–Kier alpha value is -3.34. The van der Waals surface area contributed by atoms with E-state index in [4.69, 9.17) is 9.15 Å². The van der Waals surface area contributed by atoms with Gasteiger partial charge in [0, 0.05) is 11.5 Å². The molecule has 5 heteroatoms. The quantitative estimate of drug-likeness (QED) is 0.322. The molecular formula is C19H12O5. The van der Waals surface area contributed by atoms with Crippen molar-refractivity contribution in [1.29, 1.82) is 0 Å². The van der Waals surface area contributed by atoms with Gasteiger partial charge >= 0.3 is 11.6 Å². The maximum Gasteiger partial charge on any atom is 0.344 e. The zero-order valence-corrected chi connectivity index (χ0v) is 12.7. The lowest BCUT2D eigenvalue weighted by Gasteiger charge is -2.04. The number of ether oxygens (including phenoxy) is 1. The van der Waals surface area contributed by atoms with E-state index >= 15 is 0 Å². The van der Waals surface area contributed by atoms with E-state index in [9.17, 15) is 14.7 Å². The van der Waals surface area contributed by atoms with Gasteiger partial charge in [-0.05, 0) is 48.4 Å². The Morgan fingerprint density at radius 2 is 1.79 bits per heavy atom. The molecule has 3 aromatic rings. The molecule has 0 spiro atoms. The molecule has 5 nitrogen and oxygen atoms in total. The summed E-state index contributed by atoms with van der Waals surface area (Å²) in [6, 6.07) is 11.3. The number of carbonyl (C=O) groups is 1. The lowest BCUT2D eigenvalue weighted by atomic mass is 10.00. The van der Waals surface area contributed by atoms with Crippen molar-refractivity contribution in [3.05, 3.63) is 69.6 Å². The summed E-state index contributed by atoms with van der Waals surface area (Å²) >= 11 is 0. The van der Waals surface area contributed by atoms with Crippen molar-refractivity contribution in [2.45, 2.75) is 6.92 Å². The molecule has 1 N–H and O–H groups in total. The lowest BCUT2D eigenvalue weighted by Crippen LogP contribution is -2.01. The highest BCUT2D eigenvalue weighted by atomic mass is 16.5. The zero-order valence-electron chi connectivity index (χ0n) is 12.7. The fourth-order valence-electron chi connectivity index (χ4n) is 2.83. The van der Waals surface area contributed by atoms with Gasteiger partial charge in [0.25, 0.3) is 0 Å². The maximum absolute atomic E-state index is 12.3. The van der Waals surface area contributed by atoms with E-state index in [0.717, 1.165) is 16.5 Å². The fraction of sp³-hybridized carbons (Fsp3) is 0.0526. The van der Waals surface area contributed by atoms with Gasteiger partial charge in [0.15, 0.2) is 5.58 Å². The van der Waals surface area contributed by atoms with Gasteiger partial charge < -0.3 is 14.3 Å². The molecule has 0 radical (unpaired) electrons. The van der Waals surface area contributed by atoms with Gasteiger partial charge in [-0.25, -0.2) is 9.59 Å². The fourth-order valence-corrected chi connectivity index (χ4v) is 2.83. The van der Waals surface area contributed by atoms with Crippen LogP contribution in [0.5, 0.6) is 11.5 Å². The Morgan fingerprint density at radius 1 is 1.04 bits per heavy atom. The summed E-state index contributed by atoms with van der Waals surface area (Å²) in [4.78, 5) is 24.0. The van der Waals surface area contributed by atoms with E-state index in [-0.39, 0.29) is 5.75 Å². The van der Waals surface area contributed by atoms with E-state index in [2.05, 4.69) is 0 Å². The molecule has 1 aromatic heterocycles. The molecule has 0 aliphatic carbocycles. The van der Waals surface area contributed by atoms with Crippen LogP contribution in [0.4, 0.5) is 0 Å². The molecular weight excluding hydrogens is 308 g/mol. The first-order valence-corrected chi connectivity index (χ1v) is 7.34. The number of phenols is 1. The molecule has 1 aliphatic heterocycles. The van der Waals surface area contributed by atoms with Crippen LogP contribution in [0.3, 0.4) is 0 Å². The largest absolute Gasteiger partial charge is 0.508 e. The van der Waals surface area contributed by atoms with Crippen LogP contribution in [0.1, 0.15) is 16.7 Å².